The second-order valence-corrected chi connectivity index (χ2v) is 5.50. The quantitative estimate of drug-likeness (QED) is 0.551. The molecule has 3 heteroatoms. The van der Waals surface area contributed by atoms with E-state index < -0.39 is 0 Å². The highest BCUT2D eigenvalue weighted by Gasteiger charge is 1.98. The second kappa shape index (κ2) is 8.20. The van der Waals surface area contributed by atoms with Crippen molar-refractivity contribution in [2.24, 2.45) is 0 Å². The summed E-state index contributed by atoms with van der Waals surface area (Å²) in [4.78, 5) is 0. The predicted octanol–water partition coefficient (Wildman–Crippen LogP) is 3.95. The molecule has 0 fully saturated rings. The SMILES string of the molecule is c1ccc(NCCNCCNc2cccc3ccccc23)cc1. The van der Waals surface area contributed by atoms with E-state index in [1.165, 1.54) is 22.1 Å². The van der Waals surface area contributed by atoms with Crippen molar-refractivity contribution in [3.63, 3.8) is 0 Å². The van der Waals surface area contributed by atoms with Crippen molar-refractivity contribution in [1.82, 2.24) is 5.32 Å². The lowest BCUT2D eigenvalue weighted by Crippen LogP contribution is -2.27. The molecular weight excluding hydrogens is 282 g/mol. The van der Waals surface area contributed by atoms with Gasteiger partial charge in [0.15, 0.2) is 0 Å². The van der Waals surface area contributed by atoms with Crippen LogP contribution >= 0.6 is 0 Å². The molecule has 0 aromatic heterocycles. The van der Waals surface area contributed by atoms with Gasteiger partial charge in [0, 0.05) is 42.9 Å². The van der Waals surface area contributed by atoms with Crippen molar-refractivity contribution in [2.75, 3.05) is 36.8 Å². The lowest BCUT2D eigenvalue weighted by atomic mass is 10.1. The van der Waals surface area contributed by atoms with Gasteiger partial charge in [-0.2, -0.15) is 0 Å². The first kappa shape index (κ1) is 15.4. The number of fused-ring (bicyclic) bond motifs is 1. The third-order valence-electron chi connectivity index (χ3n) is 3.81. The van der Waals surface area contributed by atoms with Crippen molar-refractivity contribution in [1.29, 1.82) is 0 Å². The Labute approximate surface area is 137 Å². The van der Waals surface area contributed by atoms with Crippen LogP contribution in [-0.2, 0) is 0 Å². The average Bonchev–Trinajstić information content (AvgIpc) is 2.62. The lowest BCUT2D eigenvalue weighted by Gasteiger charge is -2.11. The van der Waals surface area contributed by atoms with Gasteiger partial charge in [-0.05, 0) is 23.6 Å². The molecule has 0 bridgehead atoms. The Morgan fingerprint density at radius 3 is 2.13 bits per heavy atom. The summed E-state index contributed by atoms with van der Waals surface area (Å²) >= 11 is 0. The molecule has 3 aromatic carbocycles. The highest BCUT2D eigenvalue weighted by molar-refractivity contribution is 5.93. The first-order chi connectivity index (χ1) is 11.4. The molecule has 0 aliphatic heterocycles. The fourth-order valence-electron chi connectivity index (χ4n) is 2.64. The lowest BCUT2D eigenvalue weighted by molar-refractivity contribution is 0.719. The normalized spacial score (nSPS) is 10.6. The summed E-state index contributed by atoms with van der Waals surface area (Å²) in [5, 5.41) is 12.9. The number of anilines is 2. The van der Waals surface area contributed by atoms with E-state index in [9.17, 15) is 0 Å². The summed E-state index contributed by atoms with van der Waals surface area (Å²) in [6.07, 6.45) is 0. The van der Waals surface area contributed by atoms with Crippen LogP contribution in [0.15, 0.2) is 72.8 Å². The molecule has 0 aliphatic rings. The van der Waals surface area contributed by atoms with E-state index >= 15 is 0 Å². The zero-order valence-electron chi connectivity index (χ0n) is 13.3. The Kier molecular flexibility index (Phi) is 5.48. The molecule has 0 heterocycles. The van der Waals surface area contributed by atoms with Crippen LogP contribution in [0.25, 0.3) is 10.8 Å². The van der Waals surface area contributed by atoms with E-state index in [0.717, 1.165) is 26.2 Å². The van der Waals surface area contributed by atoms with E-state index in [1.54, 1.807) is 0 Å². The summed E-state index contributed by atoms with van der Waals surface area (Å²) in [5.41, 5.74) is 2.37. The minimum Gasteiger partial charge on any atom is -0.384 e. The fraction of sp³-hybridized carbons (Fsp3) is 0.200. The minimum absolute atomic E-state index is 0.916. The van der Waals surface area contributed by atoms with Crippen LogP contribution in [0.2, 0.25) is 0 Å². The van der Waals surface area contributed by atoms with Gasteiger partial charge in [0.2, 0.25) is 0 Å². The monoisotopic (exact) mass is 305 g/mol. The molecule has 3 aromatic rings. The van der Waals surface area contributed by atoms with Gasteiger partial charge in [0.25, 0.3) is 0 Å². The van der Waals surface area contributed by atoms with Crippen LogP contribution in [0, 0.1) is 0 Å². The number of hydrogen-bond donors (Lipinski definition) is 3. The van der Waals surface area contributed by atoms with Crippen molar-refractivity contribution in [3.8, 4) is 0 Å². The van der Waals surface area contributed by atoms with Crippen molar-refractivity contribution >= 4 is 22.1 Å². The van der Waals surface area contributed by atoms with Gasteiger partial charge in [-0.1, -0.05) is 54.6 Å². The molecule has 23 heavy (non-hydrogen) atoms. The molecule has 3 nitrogen and oxygen atoms in total. The van der Waals surface area contributed by atoms with Gasteiger partial charge in [-0.3, -0.25) is 0 Å². The smallest absolute Gasteiger partial charge is 0.0420 e. The number of hydrogen-bond acceptors (Lipinski definition) is 3. The molecule has 0 saturated heterocycles. The zero-order chi connectivity index (χ0) is 15.7. The summed E-state index contributed by atoms with van der Waals surface area (Å²) in [6.45, 7) is 3.74. The fourth-order valence-corrected chi connectivity index (χ4v) is 2.64. The van der Waals surface area contributed by atoms with E-state index in [1.807, 2.05) is 18.2 Å². The van der Waals surface area contributed by atoms with Gasteiger partial charge < -0.3 is 16.0 Å². The average molecular weight is 305 g/mol. The van der Waals surface area contributed by atoms with Crippen LogP contribution in [0.1, 0.15) is 0 Å². The Morgan fingerprint density at radius 2 is 1.26 bits per heavy atom. The predicted molar refractivity (Wildman–Crippen MR) is 100 cm³/mol. The highest BCUT2D eigenvalue weighted by Crippen LogP contribution is 2.22. The molecule has 0 aliphatic carbocycles. The molecular formula is C20H23N3. The number of benzene rings is 3. The minimum atomic E-state index is 0.916. The van der Waals surface area contributed by atoms with Crippen LogP contribution in [0.4, 0.5) is 11.4 Å². The zero-order valence-corrected chi connectivity index (χ0v) is 13.3. The topological polar surface area (TPSA) is 36.1 Å². The molecule has 0 unspecified atom stereocenters. The molecule has 0 amide bonds. The van der Waals surface area contributed by atoms with Gasteiger partial charge >= 0.3 is 0 Å². The van der Waals surface area contributed by atoms with E-state index in [0.29, 0.717) is 0 Å². The summed E-state index contributed by atoms with van der Waals surface area (Å²) in [5.74, 6) is 0. The Hall–Kier alpha value is -2.52. The third kappa shape index (κ3) is 4.47. The molecule has 3 rings (SSSR count). The van der Waals surface area contributed by atoms with Gasteiger partial charge in [-0.15, -0.1) is 0 Å². The Bertz CT molecular complexity index is 720. The molecule has 0 saturated carbocycles. The van der Waals surface area contributed by atoms with Crippen LogP contribution < -0.4 is 16.0 Å². The van der Waals surface area contributed by atoms with Crippen LogP contribution in [0.5, 0.6) is 0 Å². The maximum absolute atomic E-state index is 3.51. The van der Waals surface area contributed by atoms with Crippen LogP contribution in [-0.4, -0.2) is 26.2 Å². The number of para-hydroxylation sites is 1. The molecule has 3 N–H and O–H groups in total. The van der Waals surface area contributed by atoms with E-state index in [-0.39, 0.29) is 0 Å². The van der Waals surface area contributed by atoms with Crippen molar-refractivity contribution < 1.29 is 0 Å². The van der Waals surface area contributed by atoms with E-state index in [4.69, 9.17) is 0 Å². The van der Waals surface area contributed by atoms with Crippen LogP contribution in [0.3, 0.4) is 0 Å². The second-order valence-electron chi connectivity index (χ2n) is 5.50. The molecule has 0 spiro atoms. The number of rotatable bonds is 8. The first-order valence-corrected chi connectivity index (χ1v) is 8.15. The highest BCUT2D eigenvalue weighted by atomic mass is 15.0. The molecule has 0 radical (unpaired) electrons. The standard InChI is InChI=1S/C20H23N3/c1-2-9-18(10-3-1)22-15-13-21-14-16-23-20-12-6-8-17-7-4-5-11-19(17)20/h1-12,21-23H,13-16H2. The first-order valence-electron chi connectivity index (χ1n) is 8.15. The Balaban J connectivity index is 1.37. The maximum atomic E-state index is 3.51. The summed E-state index contributed by atoms with van der Waals surface area (Å²) in [6, 6.07) is 25.1. The van der Waals surface area contributed by atoms with E-state index in [2.05, 4.69) is 70.5 Å². The van der Waals surface area contributed by atoms with Gasteiger partial charge in [-0.25, -0.2) is 0 Å². The third-order valence-corrected chi connectivity index (χ3v) is 3.81. The maximum Gasteiger partial charge on any atom is 0.0420 e. The summed E-state index contributed by atoms with van der Waals surface area (Å²) < 4.78 is 0. The van der Waals surface area contributed by atoms with Gasteiger partial charge in [0.05, 0.1) is 0 Å². The van der Waals surface area contributed by atoms with Crippen molar-refractivity contribution in [2.45, 2.75) is 0 Å². The Morgan fingerprint density at radius 1 is 0.565 bits per heavy atom. The van der Waals surface area contributed by atoms with Gasteiger partial charge in [0.1, 0.15) is 0 Å². The largest absolute Gasteiger partial charge is 0.384 e. The molecule has 0 atom stereocenters. The van der Waals surface area contributed by atoms with Crippen molar-refractivity contribution in [3.05, 3.63) is 72.8 Å². The summed E-state index contributed by atoms with van der Waals surface area (Å²) in [7, 11) is 0. The number of nitrogens with one attached hydrogen (secondary N) is 3. The molecule has 118 valence electrons.